The van der Waals surface area contributed by atoms with E-state index in [4.69, 9.17) is 10.5 Å². The van der Waals surface area contributed by atoms with Crippen LogP contribution in [-0.2, 0) is 11.2 Å². The Morgan fingerprint density at radius 3 is 2.45 bits per heavy atom. The van der Waals surface area contributed by atoms with E-state index in [1.54, 1.807) is 7.11 Å². The SMILES string of the molecule is COc1ccc(CC(=O)NC2C3CCCC2CC(N)C3)cc1. The second-order valence-corrected chi connectivity index (χ2v) is 6.80. The van der Waals surface area contributed by atoms with E-state index in [-0.39, 0.29) is 5.91 Å². The third-order valence-electron chi connectivity index (χ3n) is 5.23. The molecular weight excluding hydrogens is 276 g/mol. The lowest BCUT2D eigenvalue weighted by molar-refractivity contribution is -0.122. The van der Waals surface area contributed by atoms with Crippen LogP contribution in [-0.4, -0.2) is 25.1 Å². The first-order chi connectivity index (χ1) is 10.7. The third-order valence-corrected chi connectivity index (χ3v) is 5.23. The Morgan fingerprint density at radius 2 is 1.86 bits per heavy atom. The third kappa shape index (κ3) is 3.43. The number of methoxy groups -OCH3 is 1. The summed E-state index contributed by atoms with van der Waals surface area (Å²) in [4.78, 5) is 12.4. The van der Waals surface area contributed by atoms with E-state index in [9.17, 15) is 4.79 Å². The molecule has 0 aromatic heterocycles. The highest BCUT2D eigenvalue weighted by Gasteiger charge is 2.39. The van der Waals surface area contributed by atoms with E-state index in [1.807, 2.05) is 24.3 Å². The maximum Gasteiger partial charge on any atom is 0.224 e. The first kappa shape index (κ1) is 15.3. The molecule has 120 valence electrons. The van der Waals surface area contributed by atoms with Gasteiger partial charge < -0.3 is 15.8 Å². The van der Waals surface area contributed by atoms with Crippen molar-refractivity contribution in [3.8, 4) is 5.75 Å². The molecule has 3 rings (SSSR count). The second kappa shape index (κ2) is 6.69. The van der Waals surface area contributed by atoms with Crippen molar-refractivity contribution in [2.24, 2.45) is 17.6 Å². The normalized spacial score (nSPS) is 30.6. The molecule has 3 N–H and O–H groups in total. The molecule has 2 aliphatic rings. The van der Waals surface area contributed by atoms with Gasteiger partial charge in [0, 0.05) is 12.1 Å². The van der Waals surface area contributed by atoms with E-state index in [0.29, 0.717) is 30.3 Å². The van der Waals surface area contributed by atoms with Crippen molar-refractivity contribution in [2.75, 3.05) is 7.11 Å². The van der Waals surface area contributed by atoms with Gasteiger partial charge in [0.2, 0.25) is 5.91 Å². The highest BCUT2D eigenvalue weighted by Crippen LogP contribution is 2.39. The van der Waals surface area contributed by atoms with Crippen LogP contribution >= 0.6 is 0 Å². The number of nitrogens with two attached hydrogens (primary N) is 1. The lowest BCUT2D eigenvalue weighted by Gasteiger charge is -2.45. The van der Waals surface area contributed by atoms with Crippen LogP contribution in [0.1, 0.15) is 37.7 Å². The van der Waals surface area contributed by atoms with Gasteiger partial charge in [0.25, 0.3) is 0 Å². The molecule has 22 heavy (non-hydrogen) atoms. The number of fused-ring (bicyclic) bond motifs is 2. The minimum atomic E-state index is 0.127. The Balaban J connectivity index is 1.59. The van der Waals surface area contributed by atoms with Gasteiger partial charge in [-0.1, -0.05) is 18.6 Å². The molecule has 1 aromatic rings. The zero-order valence-corrected chi connectivity index (χ0v) is 13.3. The molecule has 1 amide bonds. The van der Waals surface area contributed by atoms with Gasteiger partial charge in [-0.2, -0.15) is 0 Å². The van der Waals surface area contributed by atoms with Gasteiger partial charge in [-0.05, 0) is 55.2 Å². The van der Waals surface area contributed by atoms with Crippen LogP contribution in [0.4, 0.5) is 0 Å². The molecule has 2 fully saturated rings. The summed E-state index contributed by atoms with van der Waals surface area (Å²) in [6, 6.07) is 8.37. The number of hydrogen-bond acceptors (Lipinski definition) is 3. The van der Waals surface area contributed by atoms with Crippen LogP contribution in [0, 0.1) is 11.8 Å². The number of nitrogens with one attached hydrogen (secondary N) is 1. The highest BCUT2D eigenvalue weighted by molar-refractivity contribution is 5.79. The van der Waals surface area contributed by atoms with Crippen molar-refractivity contribution >= 4 is 5.91 Å². The molecule has 2 bridgehead atoms. The zero-order valence-electron chi connectivity index (χ0n) is 13.3. The predicted molar refractivity (Wildman–Crippen MR) is 86.7 cm³/mol. The maximum absolute atomic E-state index is 12.4. The summed E-state index contributed by atoms with van der Waals surface area (Å²) < 4.78 is 5.14. The summed E-state index contributed by atoms with van der Waals surface area (Å²) in [5.74, 6) is 2.09. The van der Waals surface area contributed by atoms with Crippen molar-refractivity contribution in [2.45, 2.75) is 50.6 Å². The van der Waals surface area contributed by atoms with Gasteiger partial charge >= 0.3 is 0 Å². The fraction of sp³-hybridized carbons (Fsp3) is 0.611. The van der Waals surface area contributed by atoms with Crippen LogP contribution in [0.3, 0.4) is 0 Å². The monoisotopic (exact) mass is 302 g/mol. The largest absolute Gasteiger partial charge is 0.497 e. The lowest BCUT2D eigenvalue weighted by atomic mass is 9.67. The molecular formula is C18H26N2O2. The minimum Gasteiger partial charge on any atom is -0.497 e. The Labute approximate surface area is 132 Å². The van der Waals surface area contributed by atoms with Crippen LogP contribution in [0.25, 0.3) is 0 Å². The van der Waals surface area contributed by atoms with Crippen molar-refractivity contribution in [1.82, 2.24) is 5.32 Å². The molecule has 4 nitrogen and oxygen atoms in total. The lowest BCUT2D eigenvalue weighted by Crippen LogP contribution is -2.54. The van der Waals surface area contributed by atoms with Crippen LogP contribution in [0.15, 0.2) is 24.3 Å². The Morgan fingerprint density at radius 1 is 1.23 bits per heavy atom. The maximum atomic E-state index is 12.4. The number of amides is 1. The molecule has 0 saturated heterocycles. The van der Waals surface area contributed by atoms with Crippen LogP contribution in [0.2, 0.25) is 0 Å². The van der Waals surface area contributed by atoms with E-state index >= 15 is 0 Å². The minimum absolute atomic E-state index is 0.127. The van der Waals surface area contributed by atoms with Crippen molar-refractivity contribution < 1.29 is 9.53 Å². The average Bonchev–Trinajstić information content (AvgIpc) is 2.49. The molecule has 0 radical (unpaired) electrons. The van der Waals surface area contributed by atoms with Crippen LogP contribution < -0.4 is 15.8 Å². The Bertz CT molecular complexity index is 500. The molecule has 0 heterocycles. The number of carbonyl (C=O) groups is 1. The first-order valence-corrected chi connectivity index (χ1v) is 8.33. The summed E-state index contributed by atoms with van der Waals surface area (Å²) in [5, 5.41) is 3.29. The predicted octanol–water partition coefficient (Wildman–Crippen LogP) is 2.26. The molecule has 2 unspecified atom stereocenters. The fourth-order valence-corrected chi connectivity index (χ4v) is 4.19. The van der Waals surface area contributed by atoms with Gasteiger partial charge in [0.05, 0.1) is 13.5 Å². The van der Waals surface area contributed by atoms with E-state index < -0.39 is 0 Å². The number of hydrogen-bond donors (Lipinski definition) is 2. The first-order valence-electron chi connectivity index (χ1n) is 8.33. The summed E-state index contributed by atoms with van der Waals surface area (Å²) in [7, 11) is 1.65. The van der Waals surface area contributed by atoms with Gasteiger partial charge in [-0.25, -0.2) is 0 Å². The number of carbonyl (C=O) groups excluding carboxylic acids is 1. The summed E-state index contributed by atoms with van der Waals surface area (Å²) in [5.41, 5.74) is 7.17. The van der Waals surface area contributed by atoms with Gasteiger partial charge in [0.15, 0.2) is 0 Å². The van der Waals surface area contributed by atoms with Crippen molar-refractivity contribution in [3.05, 3.63) is 29.8 Å². The average molecular weight is 302 g/mol. The van der Waals surface area contributed by atoms with Crippen molar-refractivity contribution in [3.63, 3.8) is 0 Å². The van der Waals surface area contributed by atoms with Gasteiger partial charge in [-0.15, -0.1) is 0 Å². The van der Waals surface area contributed by atoms with E-state index in [1.165, 1.54) is 19.3 Å². The summed E-state index contributed by atoms with van der Waals surface area (Å²) in [6.45, 7) is 0. The Hall–Kier alpha value is -1.55. The van der Waals surface area contributed by atoms with E-state index in [0.717, 1.165) is 24.2 Å². The molecule has 2 saturated carbocycles. The van der Waals surface area contributed by atoms with Crippen molar-refractivity contribution in [1.29, 1.82) is 0 Å². The molecule has 1 aromatic carbocycles. The fourth-order valence-electron chi connectivity index (χ4n) is 4.19. The quantitative estimate of drug-likeness (QED) is 0.896. The molecule has 0 aliphatic heterocycles. The summed E-state index contributed by atoms with van der Waals surface area (Å²) >= 11 is 0. The highest BCUT2D eigenvalue weighted by atomic mass is 16.5. The second-order valence-electron chi connectivity index (χ2n) is 6.80. The Kier molecular flexibility index (Phi) is 4.67. The molecule has 0 spiro atoms. The van der Waals surface area contributed by atoms with Crippen LogP contribution in [0.5, 0.6) is 5.75 Å². The number of benzene rings is 1. The summed E-state index contributed by atoms with van der Waals surface area (Å²) in [6.07, 6.45) is 6.25. The number of ether oxygens (including phenoxy) is 1. The number of rotatable bonds is 4. The standard InChI is InChI=1S/C18H26N2O2/c1-22-16-7-5-12(6-8-16)9-17(21)20-18-13-3-2-4-14(18)11-15(19)10-13/h5-8,13-15,18H,2-4,9-11,19H2,1H3,(H,20,21). The molecule has 2 atom stereocenters. The van der Waals surface area contributed by atoms with Gasteiger partial charge in [0.1, 0.15) is 5.75 Å². The van der Waals surface area contributed by atoms with E-state index in [2.05, 4.69) is 5.32 Å². The molecule has 2 aliphatic carbocycles. The van der Waals surface area contributed by atoms with Gasteiger partial charge in [-0.3, -0.25) is 4.79 Å². The smallest absolute Gasteiger partial charge is 0.224 e. The zero-order chi connectivity index (χ0) is 15.5. The molecule has 4 heteroatoms. The topological polar surface area (TPSA) is 64.3 Å².